The van der Waals surface area contributed by atoms with Crippen molar-refractivity contribution in [3.05, 3.63) is 48.2 Å². The molecule has 0 spiro atoms. The molecular weight excluding hydrogens is 436 g/mol. The predicted octanol–water partition coefficient (Wildman–Crippen LogP) is 1.18. The van der Waals surface area contributed by atoms with Gasteiger partial charge in [0.05, 0.1) is 17.1 Å². The van der Waals surface area contributed by atoms with Gasteiger partial charge in [0.25, 0.3) is 15.9 Å². The van der Waals surface area contributed by atoms with Gasteiger partial charge >= 0.3 is 5.97 Å². The summed E-state index contributed by atoms with van der Waals surface area (Å²) in [6, 6.07) is 6.84. The van der Waals surface area contributed by atoms with Crippen molar-refractivity contribution in [3.63, 3.8) is 0 Å². The molecule has 0 aliphatic carbocycles. The quantitative estimate of drug-likeness (QED) is 0.674. The third-order valence-corrected chi connectivity index (χ3v) is 6.59. The van der Waals surface area contributed by atoms with E-state index in [9.17, 15) is 22.8 Å². The van der Waals surface area contributed by atoms with Crippen molar-refractivity contribution < 1.29 is 27.5 Å². The number of anilines is 2. The lowest BCUT2D eigenvalue weighted by Gasteiger charge is -2.42. The van der Waals surface area contributed by atoms with Crippen LogP contribution in [0.3, 0.4) is 0 Å². The van der Waals surface area contributed by atoms with E-state index in [-0.39, 0.29) is 29.6 Å². The maximum atomic E-state index is 13.3. The zero-order chi connectivity index (χ0) is 23.3. The number of ether oxygens (including phenoxy) is 1. The van der Waals surface area contributed by atoms with Crippen LogP contribution in [0.4, 0.5) is 11.4 Å². The van der Waals surface area contributed by atoms with Gasteiger partial charge in [0, 0.05) is 12.7 Å². The molecule has 10 nitrogen and oxygen atoms in total. The molecule has 1 aromatic carbocycles. The molecule has 0 bridgehead atoms. The summed E-state index contributed by atoms with van der Waals surface area (Å²) < 4.78 is 32.9. The zero-order valence-electron chi connectivity index (χ0n) is 17.7. The molecule has 1 N–H and O–H groups in total. The fourth-order valence-corrected chi connectivity index (χ4v) is 4.66. The Kier molecular flexibility index (Phi) is 5.16. The molecule has 0 radical (unpaired) electrons. The number of para-hydroxylation sites is 2. The molecule has 11 heteroatoms. The van der Waals surface area contributed by atoms with Crippen LogP contribution in [0.1, 0.15) is 20.8 Å². The molecule has 3 aliphatic heterocycles. The van der Waals surface area contributed by atoms with Crippen LogP contribution in [0.2, 0.25) is 0 Å². The molecule has 4 rings (SSSR count). The van der Waals surface area contributed by atoms with E-state index in [1.165, 1.54) is 17.9 Å². The van der Waals surface area contributed by atoms with Crippen LogP contribution in [0.25, 0.3) is 0 Å². The monoisotopic (exact) mass is 458 g/mol. The third kappa shape index (κ3) is 3.68. The molecule has 0 saturated carbocycles. The number of hydrogen-bond donors (Lipinski definition) is 1. The Morgan fingerprint density at radius 1 is 1.25 bits per heavy atom. The topological polar surface area (TPSA) is 125 Å². The SMILES string of the molecule is CC(OC(=O)C1=CC=CN2CCS(=O)(=O)N=C12)C(=O)N1c2ccccc2NC(=O)C1(C)C. The van der Waals surface area contributed by atoms with Gasteiger partial charge in [0.1, 0.15) is 11.1 Å². The van der Waals surface area contributed by atoms with E-state index in [0.29, 0.717) is 11.4 Å². The van der Waals surface area contributed by atoms with Crippen LogP contribution in [-0.4, -0.2) is 60.9 Å². The number of benzene rings is 1. The van der Waals surface area contributed by atoms with E-state index < -0.39 is 33.5 Å². The average molecular weight is 458 g/mol. The van der Waals surface area contributed by atoms with Gasteiger partial charge in [-0.05, 0) is 45.1 Å². The Morgan fingerprint density at radius 2 is 1.97 bits per heavy atom. The molecule has 0 fully saturated rings. The molecular formula is C21H22N4O6S. The number of hydrogen-bond acceptors (Lipinski definition) is 7. The largest absolute Gasteiger partial charge is 0.449 e. The van der Waals surface area contributed by atoms with Gasteiger partial charge in [0.15, 0.2) is 11.9 Å². The Labute approximate surface area is 185 Å². The maximum absolute atomic E-state index is 13.3. The second kappa shape index (κ2) is 7.59. The normalized spacial score (nSPS) is 21.4. The predicted molar refractivity (Wildman–Crippen MR) is 117 cm³/mol. The molecule has 1 atom stereocenters. The number of carbonyl (C=O) groups excluding carboxylic acids is 3. The number of amides is 2. The summed E-state index contributed by atoms with van der Waals surface area (Å²) in [6.45, 7) is 4.75. The first kappa shape index (κ1) is 21.8. The van der Waals surface area contributed by atoms with Gasteiger partial charge < -0.3 is 15.0 Å². The smallest absolute Gasteiger partial charge is 0.342 e. The number of fused-ring (bicyclic) bond motifs is 2. The first-order valence-electron chi connectivity index (χ1n) is 9.95. The number of amidine groups is 1. The Balaban J connectivity index is 1.60. The fraction of sp³-hybridized carbons (Fsp3) is 0.333. The Morgan fingerprint density at radius 3 is 2.72 bits per heavy atom. The van der Waals surface area contributed by atoms with Crippen molar-refractivity contribution in [1.82, 2.24) is 4.90 Å². The highest BCUT2D eigenvalue weighted by molar-refractivity contribution is 7.90. The van der Waals surface area contributed by atoms with Gasteiger partial charge in [-0.2, -0.15) is 0 Å². The molecule has 0 aromatic heterocycles. The van der Waals surface area contributed by atoms with Crippen molar-refractivity contribution in [2.24, 2.45) is 4.40 Å². The van der Waals surface area contributed by atoms with Gasteiger partial charge in [0.2, 0.25) is 5.91 Å². The van der Waals surface area contributed by atoms with Crippen molar-refractivity contribution in [2.75, 3.05) is 22.5 Å². The summed E-state index contributed by atoms with van der Waals surface area (Å²) in [5.41, 5.74) is -0.330. The second-order valence-electron chi connectivity index (χ2n) is 8.07. The van der Waals surface area contributed by atoms with Crippen LogP contribution >= 0.6 is 0 Å². The van der Waals surface area contributed by atoms with E-state index in [1.54, 1.807) is 55.3 Å². The first-order valence-corrected chi connectivity index (χ1v) is 11.6. The lowest BCUT2D eigenvalue weighted by molar-refractivity contribution is -0.150. The lowest BCUT2D eigenvalue weighted by Crippen LogP contribution is -2.60. The van der Waals surface area contributed by atoms with Crippen LogP contribution in [0.15, 0.2) is 52.6 Å². The number of allylic oxidation sites excluding steroid dienone is 2. The number of nitrogens with zero attached hydrogens (tertiary/aromatic N) is 3. The molecule has 0 saturated heterocycles. The molecule has 3 aliphatic rings. The molecule has 168 valence electrons. The second-order valence-corrected chi connectivity index (χ2v) is 9.82. The number of nitrogens with one attached hydrogen (secondary N) is 1. The summed E-state index contributed by atoms with van der Waals surface area (Å²) in [5, 5.41) is 2.77. The average Bonchev–Trinajstić information content (AvgIpc) is 2.73. The van der Waals surface area contributed by atoms with E-state index in [1.807, 2.05) is 0 Å². The third-order valence-electron chi connectivity index (χ3n) is 5.44. The minimum Gasteiger partial charge on any atom is -0.449 e. The van der Waals surface area contributed by atoms with Crippen LogP contribution in [0.5, 0.6) is 0 Å². The van der Waals surface area contributed by atoms with E-state index in [0.717, 1.165) is 0 Å². The Hall–Kier alpha value is -3.47. The van der Waals surface area contributed by atoms with Crippen LogP contribution in [0, 0.1) is 0 Å². The first-order chi connectivity index (χ1) is 15.0. The van der Waals surface area contributed by atoms with Gasteiger partial charge in [-0.25, -0.2) is 13.2 Å². The number of sulfonamides is 1. The zero-order valence-corrected chi connectivity index (χ0v) is 18.5. The van der Waals surface area contributed by atoms with Gasteiger partial charge in [-0.15, -0.1) is 4.40 Å². The molecule has 1 unspecified atom stereocenters. The minimum atomic E-state index is -3.69. The molecule has 1 aromatic rings. The standard InChI is InChI=1S/C21H22N4O6S/c1-13(18(26)25-16-9-5-4-8-15(16)22-20(28)21(25,2)3)31-19(27)14-7-6-10-24-11-12-32(29,30)23-17(14)24/h4-10,13H,11-12H2,1-3H3,(H,22,28). The fourth-order valence-electron chi connectivity index (χ4n) is 3.68. The lowest BCUT2D eigenvalue weighted by atomic mass is 9.95. The molecule has 2 amide bonds. The summed E-state index contributed by atoms with van der Waals surface area (Å²) in [5.74, 6) is -2.05. The summed E-state index contributed by atoms with van der Waals surface area (Å²) in [6.07, 6.45) is 3.34. The van der Waals surface area contributed by atoms with Crippen LogP contribution in [-0.2, 0) is 29.1 Å². The summed E-state index contributed by atoms with van der Waals surface area (Å²) in [7, 11) is -3.69. The molecule has 3 heterocycles. The summed E-state index contributed by atoms with van der Waals surface area (Å²) in [4.78, 5) is 41.6. The van der Waals surface area contributed by atoms with Gasteiger partial charge in [-0.1, -0.05) is 12.1 Å². The van der Waals surface area contributed by atoms with E-state index >= 15 is 0 Å². The van der Waals surface area contributed by atoms with Crippen LogP contribution < -0.4 is 10.2 Å². The van der Waals surface area contributed by atoms with Crippen molar-refractivity contribution in [2.45, 2.75) is 32.4 Å². The minimum absolute atomic E-state index is 0.0357. The number of carbonyl (C=O) groups is 3. The maximum Gasteiger partial charge on any atom is 0.342 e. The van der Waals surface area contributed by atoms with E-state index in [2.05, 4.69) is 9.71 Å². The number of esters is 1. The van der Waals surface area contributed by atoms with E-state index in [4.69, 9.17) is 4.74 Å². The molecule has 32 heavy (non-hydrogen) atoms. The Bertz CT molecular complexity index is 1210. The highest BCUT2D eigenvalue weighted by atomic mass is 32.2. The van der Waals surface area contributed by atoms with Crippen molar-refractivity contribution in [1.29, 1.82) is 0 Å². The van der Waals surface area contributed by atoms with Crippen molar-refractivity contribution >= 4 is 45.0 Å². The van der Waals surface area contributed by atoms with Crippen molar-refractivity contribution in [3.8, 4) is 0 Å². The highest BCUT2D eigenvalue weighted by Crippen LogP contribution is 2.37. The summed E-state index contributed by atoms with van der Waals surface area (Å²) >= 11 is 0. The highest BCUT2D eigenvalue weighted by Gasteiger charge is 2.45. The van der Waals surface area contributed by atoms with Gasteiger partial charge in [-0.3, -0.25) is 14.5 Å². The number of rotatable bonds is 3.